The van der Waals surface area contributed by atoms with Gasteiger partial charge in [0.25, 0.3) is 0 Å². The minimum absolute atomic E-state index is 0.0245. The summed E-state index contributed by atoms with van der Waals surface area (Å²) in [6, 6.07) is 16.1. The quantitative estimate of drug-likeness (QED) is 0.548. The molecule has 1 amide bonds. The van der Waals surface area contributed by atoms with Crippen LogP contribution in [0.2, 0.25) is 0 Å². The van der Waals surface area contributed by atoms with Crippen LogP contribution < -0.4 is 5.32 Å². The first-order valence-corrected chi connectivity index (χ1v) is 12.3. The zero-order valence-electron chi connectivity index (χ0n) is 17.2. The Morgan fingerprint density at radius 1 is 1.00 bits per heavy atom. The summed E-state index contributed by atoms with van der Waals surface area (Å²) in [5, 5.41) is 3.86. The van der Waals surface area contributed by atoms with Gasteiger partial charge in [-0.3, -0.25) is 9.79 Å². The summed E-state index contributed by atoms with van der Waals surface area (Å²) in [6.45, 7) is 2.03. The maximum absolute atomic E-state index is 12.5. The number of nitrogens with zero attached hydrogens (tertiary/aromatic N) is 2. The van der Waals surface area contributed by atoms with Gasteiger partial charge in [0.15, 0.2) is 5.66 Å². The number of hydrogen-bond acceptors (Lipinski definition) is 4. The van der Waals surface area contributed by atoms with E-state index in [0.717, 1.165) is 52.2 Å². The second-order valence-corrected chi connectivity index (χ2v) is 9.86. The van der Waals surface area contributed by atoms with E-state index < -0.39 is 0 Å². The lowest BCUT2D eigenvalue weighted by Crippen LogP contribution is -2.20. The Morgan fingerprint density at radius 2 is 1.67 bits per heavy atom. The van der Waals surface area contributed by atoms with Gasteiger partial charge in [0, 0.05) is 15.7 Å². The van der Waals surface area contributed by atoms with Gasteiger partial charge in [0.2, 0.25) is 5.91 Å². The van der Waals surface area contributed by atoms with E-state index in [1.807, 2.05) is 43.3 Å². The highest BCUT2D eigenvalue weighted by Gasteiger charge is 2.37. The summed E-state index contributed by atoms with van der Waals surface area (Å²) in [6.07, 6.45) is 6.81. The van der Waals surface area contributed by atoms with E-state index >= 15 is 0 Å². The molecule has 0 unspecified atom stereocenters. The normalized spacial score (nSPS) is 17.9. The molecular weight excluding hydrogens is 458 g/mol. The van der Waals surface area contributed by atoms with Crippen molar-refractivity contribution in [1.82, 2.24) is 0 Å². The van der Waals surface area contributed by atoms with Crippen LogP contribution in [-0.4, -0.2) is 28.1 Å². The van der Waals surface area contributed by atoms with Crippen LogP contribution in [0.15, 0.2) is 63.0 Å². The molecule has 2 aliphatic rings. The third-order valence-corrected chi connectivity index (χ3v) is 7.02. The van der Waals surface area contributed by atoms with Crippen LogP contribution in [0.5, 0.6) is 0 Å². The lowest BCUT2D eigenvalue weighted by molar-refractivity contribution is -0.113. The first-order chi connectivity index (χ1) is 14.5. The highest BCUT2D eigenvalue weighted by atomic mass is 79.9. The molecule has 1 spiro atoms. The highest BCUT2D eigenvalue weighted by Crippen LogP contribution is 2.38. The van der Waals surface area contributed by atoms with Crippen molar-refractivity contribution in [3.8, 4) is 0 Å². The Morgan fingerprint density at radius 3 is 2.33 bits per heavy atom. The number of carbonyl (C=O) groups is 1. The monoisotopic (exact) mass is 483 g/mol. The predicted octanol–water partition coefficient (Wildman–Crippen LogP) is 6.38. The molecule has 156 valence electrons. The topological polar surface area (TPSA) is 53.8 Å². The van der Waals surface area contributed by atoms with Gasteiger partial charge in [-0.15, -0.1) is 0 Å². The van der Waals surface area contributed by atoms with Gasteiger partial charge in [-0.25, -0.2) is 4.99 Å². The molecule has 1 fully saturated rings. The molecule has 4 nitrogen and oxygen atoms in total. The molecular formula is C24H26BrN3OS. The molecule has 2 aromatic rings. The van der Waals surface area contributed by atoms with Crippen LogP contribution in [0, 0.1) is 6.92 Å². The number of rotatable bonds is 4. The third-order valence-electron chi connectivity index (χ3n) is 5.53. The van der Waals surface area contributed by atoms with Crippen molar-refractivity contribution < 1.29 is 4.79 Å². The smallest absolute Gasteiger partial charge is 0.234 e. The van der Waals surface area contributed by atoms with Crippen LogP contribution in [0.25, 0.3) is 0 Å². The SMILES string of the molecule is Cc1ccc(NC(=O)CSC2=NC3(CCCCCC3)N=C2c2ccc(Br)cc2)cc1. The molecule has 6 heteroatoms. The standard InChI is InChI=1S/C24H26BrN3OS/c1-17-6-12-20(13-7-17)26-21(29)16-30-23-22(18-8-10-19(25)11-9-18)27-24(28-23)14-4-2-3-5-15-24/h6-13H,2-5,14-16H2,1H3,(H,26,29). The Kier molecular flexibility index (Phi) is 6.74. The molecule has 2 aromatic carbocycles. The Hall–Kier alpha value is -1.92. The minimum Gasteiger partial charge on any atom is -0.325 e. The van der Waals surface area contributed by atoms with E-state index in [-0.39, 0.29) is 11.6 Å². The molecule has 0 saturated heterocycles. The van der Waals surface area contributed by atoms with Crippen molar-refractivity contribution in [2.45, 2.75) is 51.1 Å². The maximum atomic E-state index is 12.5. The fraction of sp³-hybridized carbons (Fsp3) is 0.375. The zero-order valence-corrected chi connectivity index (χ0v) is 19.6. The number of carbonyl (C=O) groups excluding carboxylic acids is 1. The molecule has 1 N–H and O–H groups in total. The van der Waals surface area contributed by atoms with E-state index in [0.29, 0.717) is 5.75 Å². The summed E-state index contributed by atoms with van der Waals surface area (Å²) in [4.78, 5) is 22.8. The van der Waals surface area contributed by atoms with Gasteiger partial charge < -0.3 is 5.32 Å². The van der Waals surface area contributed by atoms with Gasteiger partial charge in [-0.1, -0.05) is 70.4 Å². The zero-order chi connectivity index (χ0) is 21.0. The molecule has 30 heavy (non-hydrogen) atoms. The summed E-state index contributed by atoms with van der Waals surface area (Å²) in [5.41, 5.74) is 3.64. The third kappa shape index (κ3) is 5.22. The molecule has 4 rings (SSSR count). The van der Waals surface area contributed by atoms with Gasteiger partial charge >= 0.3 is 0 Å². The fourth-order valence-corrected chi connectivity index (χ4v) is 5.04. The Labute approximate surface area is 190 Å². The van der Waals surface area contributed by atoms with Gasteiger partial charge in [0.1, 0.15) is 5.04 Å². The number of thioether (sulfide) groups is 1. The van der Waals surface area contributed by atoms with E-state index in [4.69, 9.17) is 9.98 Å². The first-order valence-electron chi connectivity index (χ1n) is 10.5. The van der Waals surface area contributed by atoms with Crippen LogP contribution in [-0.2, 0) is 4.79 Å². The number of aryl methyl sites for hydroxylation is 1. The second-order valence-electron chi connectivity index (χ2n) is 7.98. The average molecular weight is 484 g/mol. The number of halogens is 1. The second kappa shape index (κ2) is 9.48. The predicted molar refractivity (Wildman–Crippen MR) is 131 cm³/mol. The Bertz CT molecular complexity index is 959. The minimum atomic E-state index is -0.339. The first kappa shape index (κ1) is 21.3. The Balaban J connectivity index is 1.51. The van der Waals surface area contributed by atoms with Crippen molar-refractivity contribution in [1.29, 1.82) is 0 Å². The largest absolute Gasteiger partial charge is 0.325 e. The molecule has 1 saturated carbocycles. The van der Waals surface area contributed by atoms with Gasteiger partial charge in [0.05, 0.1) is 11.5 Å². The average Bonchev–Trinajstić information content (AvgIpc) is 2.93. The molecule has 0 atom stereocenters. The number of amides is 1. The fourth-order valence-electron chi connectivity index (χ4n) is 3.91. The van der Waals surface area contributed by atoms with Crippen molar-refractivity contribution >= 4 is 50.0 Å². The number of aliphatic imine (C=N–C) groups is 2. The van der Waals surface area contributed by atoms with E-state index in [1.165, 1.54) is 30.2 Å². The number of benzene rings is 2. The number of anilines is 1. The van der Waals surface area contributed by atoms with E-state index in [1.54, 1.807) is 0 Å². The van der Waals surface area contributed by atoms with Crippen molar-refractivity contribution in [2.24, 2.45) is 9.98 Å². The van der Waals surface area contributed by atoms with Crippen LogP contribution in [0.4, 0.5) is 5.69 Å². The molecule has 0 bridgehead atoms. The van der Waals surface area contributed by atoms with Crippen molar-refractivity contribution in [2.75, 3.05) is 11.1 Å². The summed E-state index contributed by atoms with van der Waals surface area (Å²) >= 11 is 5.00. The maximum Gasteiger partial charge on any atom is 0.234 e. The number of nitrogens with one attached hydrogen (secondary N) is 1. The highest BCUT2D eigenvalue weighted by molar-refractivity contribution is 9.10. The van der Waals surface area contributed by atoms with Crippen molar-refractivity contribution in [3.05, 3.63) is 64.1 Å². The lowest BCUT2D eigenvalue weighted by Gasteiger charge is -2.20. The summed E-state index contributed by atoms with van der Waals surface area (Å²) < 4.78 is 1.04. The van der Waals surface area contributed by atoms with E-state index in [9.17, 15) is 4.79 Å². The summed E-state index contributed by atoms with van der Waals surface area (Å²) in [5.74, 6) is 0.293. The summed E-state index contributed by atoms with van der Waals surface area (Å²) in [7, 11) is 0. The molecule has 1 aliphatic heterocycles. The van der Waals surface area contributed by atoms with E-state index in [2.05, 4.69) is 33.4 Å². The van der Waals surface area contributed by atoms with Crippen LogP contribution in [0.1, 0.15) is 49.7 Å². The van der Waals surface area contributed by atoms with Crippen LogP contribution >= 0.6 is 27.7 Å². The lowest BCUT2D eigenvalue weighted by atomic mass is 10.0. The molecule has 1 heterocycles. The number of hydrogen-bond donors (Lipinski definition) is 1. The van der Waals surface area contributed by atoms with Crippen molar-refractivity contribution in [3.63, 3.8) is 0 Å². The van der Waals surface area contributed by atoms with Gasteiger partial charge in [-0.05, 0) is 56.9 Å². The molecule has 1 aliphatic carbocycles. The van der Waals surface area contributed by atoms with Crippen LogP contribution in [0.3, 0.4) is 0 Å². The molecule has 0 radical (unpaired) electrons. The molecule has 0 aromatic heterocycles. The van der Waals surface area contributed by atoms with Gasteiger partial charge in [-0.2, -0.15) is 0 Å².